The molecule has 1 N–H and O–H groups in total. The number of benzene rings is 2. The van der Waals surface area contributed by atoms with Crippen molar-refractivity contribution in [2.45, 2.75) is 0 Å². The maximum absolute atomic E-state index is 13.0. The summed E-state index contributed by atoms with van der Waals surface area (Å²) in [7, 11) is 0. The van der Waals surface area contributed by atoms with E-state index in [0.717, 1.165) is 6.07 Å². The summed E-state index contributed by atoms with van der Waals surface area (Å²) in [6.45, 7) is -0.533. The molecule has 0 aromatic heterocycles. The molecule has 0 heterocycles. The quantitative estimate of drug-likeness (QED) is 0.879. The van der Waals surface area contributed by atoms with Gasteiger partial charge in [0, 0.05) is 0 Å². The molecule has 2 aromatic carbocycles. The summed E-state index contributed by atoms with van der Waals surface area (Å²) in [6, 6.07) is 13.3. The molecule has 0 unspecified atom stereocenters. The van der Waals surface area contributed by atoms with Crippen LogP contribution in [-0.4, -0.2) is 18.5 Å². The first-order valence-electron chi connectivity index (χ1n) is 6.32. The summed E-state index contributed by atoms with van der Waals surface area (Å²) in [5, 5.41) is 11.4. The first kappa shape index (κ1) is 15.2. The van der Waals surface area contributed by atoms with E-state index in [-0.39, 0.29) is 5.56 Å². The number of nitriles is 1. The molecule has 0 radical (unpaired) electrons. The zero-order valence-electron chi connectivity index (χ0n) is 11.4. The fourth-order valence-electron chi connectivity index (χ4n) is 1.71. The van der Waals surface area contributed by atoms with Gasteiger partial charge in [0.25, 0.3) is 5.91 Å². The van der Waals surface area contributed by atoms with Crippen LogP contribution < -0.4 is 5.32 Å². The van der Waals surface area contributed by atoms with Crippen molar-refractivity contribution in [2.75, 3.05) is 11.9 Å². The van der Waals surface area contributed by atoms with Gasteiger partial charge in [-0.1, -0.05) is 18.2 Å². The number of esters is 1. The molecule has 110 valence electrons. The zero-order chi connectivity index (χ0) is 15.9. The second-order valence-corrected chi connectivity index (χ2v) is 4.29. The third kappa shape index (κ3) is 3.90. The van der Waals surface area contributed by atoms with Crippen molar-refractivity contribution in [1.29, 1.82) is 5.26 Å². The summed E-state index contributed by atoms with van der Waals surface area (Å²) in [4.78, 5) is 23.4. The number of amides is 1. The summed E-state index contributed by atoms with van der Waals surface area (Å²) in [6.07, 6.45) is 0. The second-order valence-electron chi connectivity index (χ2n) is 4.29. The third-order valence-corrected chi connectivity index (χ3v) is 2.72. The molecule has 2 aromatic rings. The van der Waals surface area contributed by atoms with Gasteiger partial charge >= 0.3 is 5.97 Å². The minimum atomic E-state index is -0.803. The Hall–Kier alpha value is -3.20. The van der Waals surface area contributed by atoms with E-state index in [2.05, 4.69) is 5.32 Å². The van der Waals surface area contributed by atoms with Gasteiger partial charge < -0.3 is 10.1 Å². The minimum absolute atomic E-state index is 0.0187. The highest BCUT2D eigenvalue weighted by atomic mass is 19.1. The summed E-state index contributed by atoms with van der Waals surface area (Å²) in [5.41, 5.74) is 0.648. The highest BCUT2D eigenvalue weighted by molar-refractivity contribution is 5.96. The average Bonchev–Trinajstić information content (AvgIpc) is 2.53. The van der Waals surface area contributed by atoms with E-state index < -0.39 is 24.3 Å². The van der Waals surface area contributed by atoms with Crippen LogP contribution in [0.15, 0.2) is 48.5 Å². The molecule has 22 heavy (non-hydrogen) atoms. The smallest absolute Gasteiger partial charge is 0.338 e. The van der Waals surface area contributed by atoms with Gasteiger partial charge in [0.2, 0.25) is 0 Å². The second kappa shape index (κ2) is 6.99. The Balaban J connectivity index is 1.93. The molecule has 0 atom stereocenters. The van der Waals surface area contributed by atoms with E-state index in [0.29, 0.717) is 11.3 Å². The third-order valence-electron chi connectivity index (χ3n) is 2.72. The molecule has 1 amide bonds. The molecular formula is C16H11FN2O3. The van der Waals surface area contributed by atoms with Gasteiger partial charge in [-0.3, -0.25) is 4.79 Å². The Kier molecular flexibility index (Phi) is 4.83. The van der Waals surface area contributed by atoms with Gasteiger partial charge in [-0.05, 0) is 30.3 Å². The SMILES string of the molecule is N#Cc1ccccc1NC(=O)COC(=O)c1cccc(F)c1. The van der Waals surface area contributed by atoms with Crippen LogP contribution in [0.4, 0.5) is 10.1 Å². The molecule has 0 spiro atoms. The fourth-order valence-corrected chi connectivity index (χ4v) is 1.71. The summed E-state index contributed by atoms with van der Waals surface area (Å²) in [5.74, 6) is -1.96. The highest BCUT2D eigenvalue weighted by Gasteiger charge is 2.12. The van der Waals surface area contributed by atoms with E-state index in [1.54, 1.807) is 24.3 Å². The number of nitrogens with zero attached hydrogens (tertiary/aromatic N) is 1. The average molecular weight is 298 g/mol. The van der Waals surface area contributed by atoms with Gasteiger partial charge in [-0.2, -0.15) is 5.26 Å². The number of hydrogen-bond acceptors (Lipinski definition) is 4. The van der Waals surface area contributed by atoms with E-state index in [9.17, 15) is 14.0 Å². The molecule has 6 heteroatoms. The fraction of sp³-hybridized carbons (Fsp3) is 0.0625. The molecular weight excluding hydrogens is 287 g/mol. The highest BCUT2D eigenvalue weighted by Crippen LogP contribution is 2.13. The van der Waals surface area contributed by atoms with Crippen LogP contribution in [0.3, 0.4) is 0 Å². The van der Waals surface area contributed by atoms with Crippen LogP contribution in [0.5, 0.6) is 0 Å². The van der Waals surface area contributed by atoms with Crippen LogP contribution >= 0.6 is 0 Å². The Labute approximate surface area is 125 Å². The van der Waals surface area contributed by atoms with Crippen LogP contribution in [0.25, 0.3) is 0 Å². The monoisotopic (exact) mass is 298 g/mol. The number of halogens is 1. The van der Waals surface area contributed by atoms with Crippen molar-refractivity contribution in [3.8, 4) is 6.07 Å². The Morgan fingerprint density at radius 2 is 1.95 bits per heavy atom. The molecule has 0 aliphatic rings. The normalized spacial score (nSPS) is 9.64. The molecule has 0 bridgehead atoms. The lowest BCUT2D eigenvalue weighted by molar-refractivity contribution is -0.119. The van der Waals surface area contributed by atoms with Gasteiger partial charge in [0.05, 0.1) is 16.8 Å². The molecule has 2 rings (SSSR count). The van der Waals surface area contributed by atoms with Gasteiger partial charge in [0.1, 0.15) is 11.9 Å². The van der Waals surface area contributed by atoms with Gasteiger partial charge in [-0.15, -0.1) is 0 Å². The van der Waals surface area contributed by atoms with E-state index in [4.69, 9.17) is 10.00 Å². The first-order valence-corrected chi connectivity index (χ1v) is 6.32. The number of para-hydroxylation sites is 1. The minimum Gasteiger partial charge on any atom is -0.452 e. The number of rotatable bonds is 4. The van der Waals surface area contributed by atoms with E-state index >= 15 is 0 Å². The van der Waals surface area contributed by atoms with E-state index in [1.165, 1.54) is 18.2 Å². The van der Waals surface area contributed by atoms with E-state index in [1.807, 2.05) is 6.07 Å². The molecule has 0 aliphatic heterocycles. The largest absolute Gasteiger partial charge is 0.452 e. The molecule has 0 aliphatic carbocycles. The molecule has 0 saturated heterocycles. The number of carbonyl (C=O) groups is 2. The maximum atomic E-state index is 13.0. The topological polar surface area (TPSA) is 79.2 Å². The van der Waals surface area contributed by atoms with Crippen LogP contribution in [-0.2, 0) is 9.53 Å². The summed E-state index contributed by atoms with van der Waals surface area (Å²) >= 11 is 0. The van der Waals surface area contributed by atoms with Crippen molar-refractivity contribution in [3.05, 3.63) is 65.5 Å². The predicted molar refractivity (Wildman–Crippen MR) is 76.5 cm³/mol. The number of carbonyl (C=O) groups excluding carboxylic acids is 2. The standard InChI is InChI=1S/C16H11FN2O3/c17-13-6-3-5-11(8-13)16(21)22-10-15(20)19-14-7-2-1-4-12(14)9-18/h1-8H,10H2,(H,19,20). The van der Waals surface area contributed by atoms with Crippen molar-refractivity contribution in [3.63, 3.8) is 0 Å². The lowest BCUT2D eigenvalue weighted by Crippen LogP contribution is -2.21. The maximum Gasteiger partial charge on any atom is 0.338 e. The van der Waals surface area contributed by atoms with Gasteiger partial charge in [0.15, 0.2) is 6.61 Å². The molecule has 5 nitrogen and oxygen atoms in total. The number of anilines is 1. The lowest BCUT2D eigenvalue weighted by atomic mass is 10.2. The Morgan fingerprint density at radius 1 is 1.18 bits per heavy atom. The van der Waals surface area contributed by atoms with Crippen LogP contribution in [0, 0.1) is 17.1 Å². The molecule has 0 fully saturated rings. The summed E-state index contributed by atoms with van der Waals surface area (Å²) < 4.78 is 17.8. The van der Waals surface area contributed by atoms with Gasteiger partial charge in [-0.25, -0.2) is 9.18 Å². The number of hydrogen-bond donors (Lipinski definition) is 1. The van der Waals surface area contributed by atoms with Crippen LogP contribution in [0.2, 0.25) is 0 Å². The number of nitrogens with one attached hydrogen (secondary N) is 1. The van der Waals surface area contributed by atoms with Crippen molar-refractivity contribution >= 4 is 17.6 Å². The Morgan fingerprint density at radius 3 is 2.68 bits per heavy atom. The lowest BCUT2D eigenvalue weighted by Gasteiger charge is -2.07. The number of ether oxygens (including phenoxy) is 1. The first-order chi connectivity index (χ1) is 10.6. The van der Waals surface area contributed by atoms with Crippen molar-refractivity contribution in [2.24, 2.45) is 0 Å². The van der Waals surface area contributed by atoms with Crippen molar-refractivity contribution < 1.29 is 18.7 Å². The predicted octanol–water partition coefficient (Wildman–Crippen LogP) is 2.49. The Bertz CT molecular complexity index is 753. The van der Waals surface area contributed by atoms with Crippen LogP contribution in [0.1, 0.15) is 15.9 Å². The molecule has 0 saturated carbocycles. The van der Waals surface area contributed by atoms with Crippen molar-refractivity contribution in [1.82, 2.24) is 0 Å². The zero-order valence-corrected chi connectivity index (χ0v) is 11.4.